The molecule has 2 aromatic carbocycles. The molecule has 0 spiro atoms. The van der Waals surface area contributed by atoms with Gasteiger partial charge in [0.15, 0.2) is 0 Å². The summed E-state index contributed by atoms with van der Waals surface area (Å²) in [6.45, 7) is -0.0376. The van der Waals surface area contributed by atoms with Gasteiger partial charge in [-0.2, -0.15) is 0 Å². The predicted molar refractivity (Wildman–Crippen MR) is 98.0 cm³/mol. The van der Waals surface area contributed by atoms with Crippen LogP contribution in [0.3, 0.4) is 0 Å². The predicted octanol–water partition coefficient (Wildman–Crippen LogP) is 3.48. The van der Waals surface area contributed by atoms with E-state index in [4.69, 9.17) is 13.9 Å². The Labute approximate surface area is 159 Å². The highest BCUT2D eigenvalue weighted by atomic mass is 16.6. The van der Waals surface area contributed by atoms with Crippen LogP contribution in [0.15, 0.2) is 76.1 Å². The lowest BCUT2D eigenvalue weighted by molar-refractivity contribution is -0.384. The summed E-state index contributed by atoms with van der Waals surface area (Å²) in [5.41, 5.74) is 0.524. The van der Waals surface area contributed by atoms with Crippen LogP contribution < -0.4 is 10.2 Å². The number of carbonyl (C=O) groups is 1. The van der Waals surface area contributed by atoms with Crippen molar-refractivity contribution in [1.82, 2.24) is 0 Å². The first-order chi connectivity index (χ1) is 13.5. The first-order valence-corrected chi connectivity index (χ1v) is 8.23. The number of esters is 1. The van der Waals surface area contributed by atoms with Gasteiger partial charge in [0, 0.05) is 18.2 Å². The van der Waals surface area contributed by atoms with Gasteiger partial charge in [-0.1, -0.05) is 30.3 Å². The molecule has 0 bridgehead atoms. The summed E-state index contributed by atoms with van der Waals surface area (Å²) < 4.78 is 15.8. The molecule has 0 aliphatic carbocycles. The summed E-state index contributed by atoms with van der Waals surface area (Å²) in [5, 5.41) is 10.6. The first kappa shape index (κ1) is 18.8. The number of nitro benzene ring substituents is 1. The van der Waals surface area contributed by atoms with E-state index in [9.17, 15) is 19.7 Å². The van der Waals surface area contributed by atoms with Gasteiger partial charge in [0.1, 0.15) is 25.2 Å². The maximum absolute atomic E-state index is 12.1. The van der Waals surface area contributed by atoms with Crippen molar-refractivity contribution in [2.24, 2.45) is 0 Å². The Bertz CT molecular complexity index is 1030. The van der Waals surface area contributed by atoms with Crippen molar-refractivity contribution >= 4 is 11.7 Å². The fourth-order valence-corrected chi connectivity index (χ4v) is 2.29. The zero-order valence-electron chi connectivity index (χ0n) is 14.6. The molecule has 0 fully saturated rings. The van der Waals surface area contributed by atoms with E-state index in [2.05, 4.69) is 0 Å². The minimum Gasteiger partial charge on any atom is -0.482 e. The standard InChI is InChI=1S/C20H15NO7/c22-18-10-17(26-13-19(18)27-11-14-4-2-1-3-5-14)12-28-20(23)15-6-8-16(9-7-15)21(24)25/h1-10,13H,11-12H2. The Balaban J connectivity index is 1.57. The lowest BCUT2D eigenvalue weighted by atomic mass is 10.2. The number of hydrogen-bond acceptors (Lipinski definition) is 7. The van der Waals surface area contributed by atoms with Gasteiger partial charge in [-0.15, -0.1) is 0 Å². The molecule has 0 aliphatic rings. The molecule has 0 radical (unpaired) electrons. The highest BCUT2D eigenvalue weighted by molar-refractivity contribution is 5.89. The Morgan fingerprint density at radius 1 is 1.04 bits per heavy atom. The number of non-ortho nitro benzene ring substituents is 1. The third-order valence-corrected chi connectivity index (χ3v) is 3.75. The van der Waals surface area contributed by atoms with Gasteiger partial charge in [-0.25, -0.2) is 4.79 Å². The van der Waals surface area contributed by atoms with Gasteiger partial charge in [0.25, 0.3) is 5.69 Å². The summed E-state index contributed by atoms with van der Waals surface area (Å²) in [6.07, 6.45) is 1.17. The smallest absolute Gasteiger partial charge is 0.338 e. The Hall–Kier alpha value is -3.94. The molecule has 3 aromatic rings. The van der Waals surface area contributed by atoms with Crippen LogP contribution in [-0.4, -0.2) is 10.9 Å². The highest BCUT2D eigenvalue weighted by Crippen LogP contribution is 2.14. The molecule has 0 atom stereocenters. The maximum atomic E-state index is 12.1. The van der Waals surface area contributed by atoms with Gasteiger partial charge < -0.3 is 13.9 Å². The van der Waals surface area contributed by atoms with Crippen molar-refractivity contribution in [3.63, 3.8) is 0 Å². The fourth-order valence-electron chi connectivity index (χ4n) is 2.29. The summed E-state index contributed by atoms with van der Waals surface area (Å²) in [6, 6.07) is 15.5. The molecule has 0 unspecified atom stereocenters. The van der Waals surface area contributed by atoms with Crippen molar-refractivity contribution < 1.29 is 23.6 Å². The minimum absolute atomic E-state index is 0.0503. The topological polar surface area (TPSA) is 109 Å². The third-order valence-electron chi connectivity index (χ3n) is 3.75. The van der Waals surface area contributed by atoms with E-state index in [1.165, 1.54) is 36.6 Å². The van der Waals surface area contributed by atoms with E-state index >= 15 is 0 Å². The van der Waals surface area contributed by atoms with Crippen LogP contribution in [0.2, 0.25) is 0 Å². The number of ether oxygens (including phenoxy) is 2. The average Bonchev–Trinajstić information content (AvgIpc) is 2.72. The normalized spacial score (nSPS) is 10.3. The highest BCUT2D eigenvalue weighted by Gasteiger charge is 2.12. The molecule has 0 aliphatic heterocycles. The zero-order chi connectivity index (χ0) is 19.9. The number of nitrogens with zero attached hydrogens (tertiary/aromatic N) is 1. The van der Waals surface area contributed by atoms with Crippen LogP contribution in [0.1, 0.15) is 21.7 Å². The molecule has 0 saturated heterocycles. The first-order valence-electron chi connectivity index (χ1n) is 8.23. The summed E-state index contributed by atoms with van der Waals surface area (Å²) in [7, 11) is 0. The summed E-state index contributed by atoms with van der Waals surface area (Å²) in [4.78, 5) is 34.1. The van der Waals surface area contributed by atoms with E-state index < -0.39 is 16.3 Å². The van der Waals surface area contributed by atoms with E-state index in [-0.39, 0.29) is 36.0 Å². The van der Waals surface area contributed by atoms with Crippen LogP contribution >= 0.6 is 0 Å². The molecule has 0 N–H and O–H groups in total. The minimum atomic E-state index is -0.693. The molecule has 8 nitrogen and oxygen atoms in total. The average molecular weight is 381 g/mol. The lowest BCUT2D eigenvalue weighted by Gasteiger charge is -2.07. The molecule has 8 heteroatoms. The molecule has 28 heavy (non-hydrogen) atoms. The van der Waals surface area contributed by atoms with Crippen LogP contribution in [-0.2, 0) is 18.0 Å². The number of hydrogen-bond donors (Lipinski definition) is 0. The van der Waals surface area contributed by atoms with Crippen molar-refractivity contribution in [1.29, 1.82) is 0 Å². The molecule has 0 saturated carbocycles. The maximum Gasteiger partial charge on any atom is 0.338 e. The second kappa shape index (κ2) is 8.63. The Kier molecular flexibility index (Phi) is 5.81. The second-order valence-electron chi connectivity index (χ2n) is 5.73. The van der Waals surface area contributed by atoms with Crippen molar-refractivity contribution in [2.75, 3.05) is 0 Å². The Morgan fingerprint density at radius 3 is 2.39 bits per heavy atom. The molecule has 1 aromatic heterocycles. The van der Waals surface area contributed by atoms with Crippen LogP contribution in [0, 0.1) is 10.1 Å². The molecule has 0 amide bonds. The van der Waals surface area contributed by atoms with E-state index in [0.717, 1.165) is 5.56 Å². The summed E-state index contributed by atoms with van der Waals surface area (Å²) >= 11 is 0. The van der Waals surface area contributed by atoms with Crippen molar-refractivity contribution in [3.05, 3.63) is 104 Å². The van der Waals surface area contributed by atoms with E-state index in [0.29, 0.717) is 0 Å². The Morgan fingerprint density at radius 2 is 1.75 bits per heavy atom. The van der Waals surface area contributed by atoms with Crippen molar-refractivity contribution in [2.45, 2.75) is 13.2 Å². The lowest BCUT2D eigenvalue weighted by Crippen LogP contribution is -2.10. The monoisotopic (exact) mass is 381 g/mol. The molecule has 3 rings (SSSR count). The third kappa shape index (κ3) is 4.82. The van der Waals surface area contributed by atoms with Crippen LogP contribution in [0.25, 0.3) is 0 Å². The second-order valence-corrected chi connectivity index (χ2v) is 5.73. The molecular weight excluding hydrogens is 366 g/mol. The van der Waals surface area contributed by atoms with Gasteiger partial charge in [0.05, 0.1) is 10.5 Å². The largest absolute Gasteiger partial charge is 0.482 e. The fraction of sp³-hybridized carbons (Fsp3) is 0.100. The van der Waals surface area contributed by atoms with Crippen LogP contribution in [0.5, 0.6) is 5.75 Å². The van der Waals surface area contributed by atoms with Gasteiger partial charge in [-0.3, -0.25) is 14.9 Å². The number of carbonyl (C=O) groups excluding carboxylic acids is 1. The van der Waals surface area contributed by atoms with Gasteiger partial charge >= 0.3 is 5.97 Å². The van der Waals surface area contributed by atoms with Gasteiger partial charge in [0.2, 0.25) is 11.2 Å². The molecule has 142 valence electrons. The molecule has 1 heterocycles. The number of nitro groups is 1. The van der Waals surface area contributed by atoms with E-state index in [1.54, 1.807) is 0 Å². The SMILES string of the molecule is O=C(OCc1cc(=O)c(OCc2ccccc2)co1)c1ccc([N+](=O)[O-])cc1. The number of rotatable bonds is 7. The van der Waals surface area contributed by atoms with Crippen molar-refractivity contribution in [3.8, 4) is 5.75 Å². The number of benzene rings is 2. The van der Waals surface area contributed by atoms with E-state index in [1.807, 2.05) is 30.3 Å². The molecular formula is C20H15NO7. The van der Waals surface area contributed by atoms with Gasteiger partial charge in [-0.05, 0) is 17.7 Å². The summed E-state index contributed by atoms with van der Waals surface area (Å²) in [5.74, 6) is -0.497. The van der Waals surface area contributed by atoms with Crippen LogP contribution in [0.4, 0.5) is 5.69 Å². The quantitative estimate of drug-likeness (QED) is 0.350. The zero-order valence-corrected chi connectivity index (χ0v) is 14.6.